The van der Waals surface area contributed by atoms with Crippen LogP contribution in [0.25, 0.3) is 11.0 Å². The fourth-order valence-corrected chi connectivity index (χ4v) is 6.63. The molecule has 0 radical (unpaired) electrons. The highest BCUT2D eigenvalue weighted by Gasteiger charge is 2.26. The topological polar surface area (TPSA) is 113 Å². The average Bonchev–Trinajstić information content (AvgIpc) is 3.59. The number of fused-ring (bicyclic) bond motifs is 1. The van der Waals surface area contributed by atoms with Crippen LogP contribution < -0.4 is 10.2 Å². The molecule has 0 unspecified atom stereocenters. The normalized spacial score (nSPS) is 17.1. The summed E-state index contributed by atoms with van der Waals surface area (Å²) >= 11 is 1.50. The summed E-state index contributed by atoms with van der Waals surface area (Å²) in [6.45, 7) is 3.89. The maximum atomic E-state index is 12.8. The fraction of sp³-hybridized carbons (Fsp3) is 0.500. The number of aromatic nitrogens is 4. The Bertz CT molecular complexity index is 1330. The lowest BCUT2D eigenvalue weighted by Gasteiger charge is -2.25. The molecule has 2 aromatic heterocycles. The number of benzene rings is 1. The first-order valence-electron chi connectivity index (χ1n) is 12.4. The molecule has 10 nitrogen and oxygen atoms in total. The molecule has 2 saturated heterocycles. The van der Waals surface area contributed by atoms with Crippen LogP contribution in [0, 0.1) is 0 Å². The summed E-state index contributed by atoms with van der Waals surface area (Å²) in [5.41, 5.74) is 1.18. The summed E-state index contributed by atoms with van der Waals surface area (Å²) in [5, 5.41) is 9.04. The largest absolute Gasteiger partial charge is 0.356 e. The van der Waals surface area contributed by atoms with E-state index < -0.39 is 10.0 Å². The zero-order chi connectivity index (χ0) is 25.1. The lowest BCUT2D eigenvalue weighted by atomic mass is 10.2. The predicted octanol–water partition coefficient (Wildman–Crippen LogP) is 2.75. The minimum Gasteiger partial charge on any atom is -0.356 e. The number of rotatable bonds is 8. The van der Waals surface area contributed by atoms with Gasteiger partial charge in [0.2, 0.25) is 10.0 Å². The number of amides is 1. The van der Waals surface area contributed by atoms with Crippen molar-refractivity contribution in [3.8, 4) is 0 Å². The number of hydrogen-bond donors (Lipinski definition) is 1. The second-order valence-electron chi connectivity index (χ2n) is 9.08. The molecule has 2 fully saturated rings. The van der Waals surface area contributed by atoms with Crippen LogP contribution in [0.2, 0.25) is 0 Å². The number of nitrogens with one attached hydrogen (secondary N) is 1. The van der Waals surface area contributed by atoms with Crippen molar-refractivity contribution in [2.24, 2.45) is 0 Å². The molecule has 0 saturated carbocycles. The van der Waals surface area contributed by atoms with E-state index in [1.807, 2.05) is 6.26 Å². The predicted molar refractivity (Wildman–Crippen MR) is 140 cm³/mol. The SMILES string of the molecule is CSc1nc(N2CCCC2)c2cnn(CCNC(=O)c3ccc(S(=O)(=O)N4CCCCC4)cc3)c2n1. The van der Waals surface area contributed by atoms with E-state index >= 15 is 0 Å². The molecule has 0 aliphatic carbocycles. The van der Waals surface area contributed by atoms with Crippen molar-refractivity contribution >= 4 is 44.5 Å². The number of thioether (sulfide) groups is 1. The van der Waals surface area contributed by atoms with Crippen LogP contribution >= 0.6 is 11.8 Å². The highest BCUT2D eigenvalue weighted by molar-refractivity contribution is 7.98. The molecule has 192 valence electrons. The third kappa shape index (κ3) is 5.07. The summed E-state index contributed by atoms with van der Waals surface area (Å²) in [5.74, 6) is 0.669. The molecular formula is C24H31N7O3S2. The Balaban J connectivity index is 1.24. The van der Waals surface area contributed by atoms with Crippen molar-refractivity contribution in [3.05, 3.63) is 36.0 Å². The van der Waals surface area contributed by atoms with E-state index in [0.29, 0.717) is 36.9 Å². The van der Waals surface area contributed by atoms with E-state index in [-0.39, 0.29) is 10.8 Å². The highest BCUT2D eigenvalue weighted by Crippen LogP contribution is 2.28. The molecule has 2 aliphatic rings. The van der Waals surface area contributed by atoms with E-state index in [0.717, 1.165) is 62.0 Å². The van der Waals surface area contributed by atoms with Gasteiger partial charge in [0.25, 0.3) is 5.91 Å². The van der Waals surface area contributed by atoms with Crippen LogP contribution in [0.3, 0.4) is 0 Å². The van der Waals surface area contributed by atoms with E-state index in [1.54, 1.807) is 23.0 Å². The molecule has 1 amide bonds. The van der Waals surface area contributed by atoms with Gasteiger partial charge < -0.3 is 10.2 Å². The van der Waals surface area contributed by atoms with Crippen molar-refractivity contribution < 1.29 is 13.2 Å². The summed E-state index contributed by atoms with van der Waals surface area (Å²) < 4.78 is 29.0. The molecule has 0 atom stereocenters. The summed E-state index contributed by atoms with van der Waals surface area (Å²) in [6.07, 6.45) is 8.90. The van der Waals surface area contributed by atoms with Gasteiger partial charge in [0.15, 0.2) is 10.8 Å². The number of sulfonamides is 1. The van der Waals surface area contributed by atoms with E-state index in [9.17, 15) is 13.2 Å². The van der Waals surface area contributed by atoms with Crippen molar-refractivity contribution in [2.75, 3.05) is 43.9 Å². The Hall–Kier alpha value is -2.70. The van der Waals surface area contributed by atoms with E-state index in [1.165, 1.54) is 28.2 Å². The molecule has 0 spiro atoms. The zero-order valence-corrected chi connectivity index (χ0v) is 22.0. The minimum absolute atomic E-state index is 0.224. The van der Waals surface area contributed by atoms with Gasteiger partial charge >= 0.3 is 0 Å². The van der Waals surface area contributed by atoms with Gasteiger partial charge in [-0.2, -0.15) is 9.40 Å². The van der Waals surface area contributed by atoms with Gasteiger partial charge in [-0.1, -0.05) is 18.2 Å². The summed E-state index contributed by atoms with van der Waals surface area (Å²) in [7, 11) is -3.51. The number of piperidine rings is 1. The van der Waals surface area contributed by atoms with E-state index in [2.05, 4.69) is 20.3 Å². The first-order valence-corrected chi connectivity index (χ1v) is 15.0. The Morgan fingerprint density at radius 1 is 1.00 bits per heavy atom. The first kappa shape index (κ1) is 25.0. The number of hydrogen-bond acceptors (Lipinski definition) is 8. The smallest absolute Gasteiger partial charge is 0.251 e. The maximum Gasteiger partial charge on any atom is 0.251 e. The Labute approximate surface area is 215 Å². The van der Waals surface area contributed by atoms with Crippen molar-refractivity contribution in [1.82, 2.24) is 29.4 Å². The summed E-state index contributed by atoms with van der Waals surface area (Å²) in [4.78, 5) is 24.6. The highest BCUT2D eigenvalue weighted by atomic mass is 32.2. The Morgan fingerprint density at radius 3 is 2.39 bits per heavy atom. The van der Waals surface area contributed by atoms with Gasteiger partial charge in [-0.25, -0.2) is 23.1 Å². The first-order chi connectivity index (χ1) is 17.5. The zero-order valence-electron chi connectivity index (χ0n) is 20.4. The molecular weight excluding hydrogens is 498 g/mol. The van der Waals surface area contributed by atoms with Crippen LogP contribution in [-0.2, 0) is 16.6 Å². The van der Waals surface area contributed by atoms with Crippen LogP contribution in [0.15, 0.2) is 40.5 Å². The van der Waals surface area contributed by atoms with Crippen molar-refractivity contribution in [2.45, 2.75) is 48.7 Å². The number of carbonyl (C=O) groups is 1. The molecule has 36 heavy (non-hydrogen) atoms. The molecule has 0 bridgehead atoms. The molecule has 2 aliphatic heterocycles. The van der Waals surface area contributed by atoms with Crippen molar-refractivity contribution in [3.63, 3.8) is 0 Å². The third-order valence-corrected chi connectivity index (χ3v) is 9.18. The average molecular weight is 530 g/mol. The molecule has 12 heteroatoms. The lowest BCUT2D eigenvalue weighted by molar-refractivity contribution is 0.0952. The van der Waals surface area contributed by atoms with Gasteiger partial charge in [-0.3, -0.25) is 4.79 Å². The van der Waals surface area contributed by atoms with Gasteiger partial charge in [0.05, 0.1) is 23.0 Å². The molecule has 1 N–H and O–H groups in total. The van der Waals surface area contributed by atoms with Crippen molar-refractivity contribution in [1.29, 1.82) is 0 Å². The van der Waals surface area contributed by atoms with Gasteiger partial charge in [-0.15, -0.1) is 0 Å². The second kappa shape index (κ2) is 10.7. The number of anilines is 1. The molecule has 5 rings (SSSR count). The molecule has 3 aromatic rings. The lowest BCUT2D eigenvalue weighted by Crippen LogP contribution is -2.35. The Kier molecular flexibility index (Phi) is 7.44. The molecule has 4 heterocycles. The maximum absolute atomic E-state index is 12.8. The van der Waals surface area contributed by atoms with Crippen LogP contribution in [-0.4, -0.2) is 77.4 Å². The Morgan fingerprint density at radius 2 is 1.69 bits per heavy atom. The monoisotopic (exact) mass is 529 g/mol. The number of carbonyl (C=O) groups excluding carboxylic acids is 1. The second-order valence-corrected chi connectivity index (χ2v) is 11.8. The van der Waals surface area contributed by atoms with Crippen LogP contribution in [0.1, 0.15) is 42.5 Å². The fourth-order valence-electron chi connectivity index (χ4n) is 4.76. The minimum atomic E-state index is -3.51. The van der Waals surface area contributed by atoms with Gasteiger partial charge in [0, 0.05) is 38.3 Å². The standard InChI is InChI=1S/C24H31N7O3S2/c1-35-24-27-21(29-12-5-6-13-29)20-17-26-31(22(20)28-24)16-11-25-23(32)18-7-9-19(10-8-18)36(33,34)30-14-3-2-4-15-30/h7-10,17H,2-6,11-16H2,1H3,(H,25,32). The quantitative estimate of drug-likeness (QED) is 0.350. The molecule has 1 aromatic carbocycles. The summed E-state index contributed by atoms with van der Waals surface area (Å²) in [6, 6.07) is 6.16. The van der Waals surface area contributed by atoms with Crippen LogP contribution in [0.5, 0.6) is 0 Å². The van der Waals surface area contributed by atoms with Gasteiger partial charge in [-0.05, 0) is 56.2 Å². The third-order valence-electron chi connectivity index (χ3n) is 6.72. The van der Waals surface area contributed by atoms with E-state index in [4.69, 9.17) is 4.98 Å². The van der Waals surface area contributed by atoms with Gasteiger partial charge in [0.1, 0.15) is 5.82 Å². The number of nitrogens with zero attached hydrogens (tertiary/aromatic N) is 6. The van der Waals surface area contributed by atoms with Crippen LogP contribution in [0.4, 0.5) is 5.82 Å².